The number of anilines is 1. The number of fused-ring (bicyclic) bond motifs is 1. The number of nitrogens with one attached hydrogen (secondary N) is 1. The highest BCUT2D eigenvalue weighted by molar-refractivity contribution is 7.99. The molecule has 0 bridgehead atoms. The summed E-state index contributed by atoms with van der Waals surface area (Å²) in [7, 11) is 4.18. The molecule has 4 aromatic carbocycles. The van der Waals surface area contributed by atoms with Crippen LogP contribution < -0.4 is 10.1 Å². The van der Waals surface area contributed by atoms with Crippen LogP contribution in [0, 0.1) is 12.8 Å². The summed E-state index contributed by atoms with van der Waals surface area (Å²) < 4.78 is 5.91. The van der Waals surface area contributed by atoms with Crippen molar-refractivity contribution in [1.82, 2.24) is 9.80 Å². The predicted octanol–water partition coefficient (Wildman–Crippen LogP) is 6.54. The summed E-state index contributed by atoms with van der Waals surface area (Å²) in [4.78, 5) is 31.8. The summed E-state index contributed by atoms with van der Waals surface area (Å²) in [6.07, 6.45) is 0.241. The summed E-state index contributed by atoms with van der Waals surface area (Å²) in [6.45, 7) is 6.10. The van der Waals surface area contributed by atoms with Crippen LogP contribution in [0.4, 0.5) is 5.69 Å². The fraction of sp³-hybridized carbons (Fsp3) is 0.297. The van der Waals surface area contributed by atoms with Crippen molar-refractivity contribution in [2.75, 3.05) is 45.7 Å². The van der Waals surface area contributed by atoms with E-state index >= 15 is 0 Å². The lowest BCUT2D eigenvalue weighted by Gasteiger charge is -2.30. The number of β-amino-alcohol motifs (C(OH)–C–C–N with tert-alkyl or cyclic N) is 1. The highest BCUT2D eigenvalue weighted by atomic mass is 32.2. The Morgan fingerprint density at radius 1 is 0.933 bits per heavy atom. The van der Waals surface area contributed by atoms with Gasteiger partial charge in [0, 0.05) is 35.3 Å². The van der Waals surface area contributed by atoms with Crippen molar-refractivity contribution in [3.05, 3.63) is 119 Å². The van der Waals surface area contributed by atoms with Crippen LogP contribution in [-0.4, -0.2) is 67.1 Å². The Balaban J connectivity index is 0.000000231. The zero-order chi connectivity index (χ0) is 32.2. The molecule has 0 aliphatic carbocycles. The van der Waals surface area contributed by atoms with Gasteiger partial charge >= 0.3 is 0 Å². The normalized spacial score (nSPS) is 14.4. The largest absolute Gasteiger partial charge is 0.490 e. The van der Waals surface area contributed by atoms with E-state index in [1.165, 1.54) is 15.4 Å². The Labute approximate surface area is 271 Å². The summed E-state index contributed by atoms with van der Waals surface area (Å²) >= 11 is 1.80. The zero-order valence-electron chi connectivity index (χ0n) is 26.5. The molecule has 45 heavy (non-hydrogen) atoms. The summed E-state index contributed by atoms with van der Waals surface area (Å²) in [5.74, 6) is 0.125. The van der Waals surface area contributed by atoms with Crippen molar-refractivity contribution in [3.8, 4) is 5.75 Å². The van der Waals surface area contributed by atoms with Crippen molar-refractivity contribution in [2.24, 2.45) is 5.92 Å². The van der Waals surface area contributed by atoms with Crippen LogP contribution in [0.5, 0.6) is 5.75 Å². The first-order valence-corrected chi connectivity index (χ1v) is 16.0. The number of aryl methyl sites for hydroxylation is 1. The highest BCUT2D eigenvalue weighted by Crippen LogP contribution is 2.32. The molecule has 0 saturated carbocycles. The minimum atomic E-state index is -0.203. The summed E-state index contributed by atoms with van der Waals surface area (Å²) in [5.41, 5.74) is 4.30. The SMILES string of the molecule is CN(C)Cc1ccc(Sc2ccccc2)cc1.Cc1ccc(CC(=O)Nc2cccc3c2OC[C@H](C)CN(CCO)C3=O)cc1. The van der Waals surface area contributed by atoms with Crippen LogP contribution in [-0.2, 0) is 17.8 Å². The molecule has 1 heterocycles. The smallest absolute Gasteiger partial charge is 0.257 e. The highest BCUT2D eigenvalue weighted by Gasteiger charge is 2.26. The van der Waals surface area contributed by atoms with Crippen LogP contribution >= 0.6 is 11.8 Å². The number of carbonyl (C=O) groups is 2. The molecule has 0 saturated heterocycles. The summed E-state index contributed by atoms with van der Waals surface area (Å²) in [5, 5.41) is 12.2. The molecule has 0 spiro atoms. The molecule has 1 atom stereocenters. The number of hydrogen-bond donors (Lipinski definition) is 2. The molecule has 0 unspecified atom stereocenters. The second-order valence-electron chi connectivity index (χ2n) is 11.6. The van der Waals surface area contributed by atoms with Gasteiger partial charge in [-0.2, -0.15) is 0 Å². The quantitative estimate of drug-likeness (QED) is 0.220. The summed E-state index contributed by atoms with van der Waals surface area (Å²) in [6, 6.07) is 32.2. The van der Waals surface area contributed by atoms with E-state index in [2.05, 4.69) is 72.8 Å². The van der Waals surface area contributed by atoms with E-state index in [0.717, 1.165) is 17.7 Å². The number of rotatable bonds is 9. The second-order valence-corrected chi connectivity index (χ2v) is 12.7. The molecule has 5 rings (SSSR count). The Hall–Kier alpha value is -4.11. The number of ether oxygens (including phenoxy) is 1. The molecule has 0 radical (unpaired) electrons. The fourth-order valence-corrected chi connectivity index (χ4v) is 5.76. The van der Waals surface area contributed by atoms with Crippen LogP contribution in [0.3, 0.4) is 0 Å². The molecule has 2 N–H and O–H groups in total. The number of aliphatic hydroxyl groups is 1. The van der Waals surface area contributed by atoms with E-state index < -0.39 is 0 Å². The molecule has 0 aromatic heterocycles. The molecule has 236 valence electrons. The fourth-order valence-electron chi connectivity index (χ4n) is 4.92. The van der Waals surface area contributed by atoms with Gasteiger partial charge in [-0.15, -0.1) is 0 Å². The molecular formula is C37H43N3O4S. The third-order valence-corrected chi connectivity index (χ3v) is 8.12. The Morgan fingerprint density at radius 2 is 1.60 bits per heavy atom. The predicted molar refractivity (Wildman–Crippen MR) is 182 cm³/mol. The van der Waals surface area contributed by atoms with Gasteiger partial charge in [-0.25, -0.2) is 0 Å². The van der Waals surface area contributed by atoms with E-state index in [1.807, 2.05) is 44.2 Å². The molecule has 4 aromatic rings. The molecule has 2 amide bonds. The van der Waals surface area contributed by atoms with Crippen LogP contribution in [0.15, 0.2) is 107 Å². The lowest BCUT2D eigenvalue weighted by atomic mass is 10.1. The second kappa shape index (κ2) is 16.8. The van der Waals surface area contributed by atoms with Crippen molar-refractivity contribution >= 4 is 29.3 Å². The van der Waals surface area contributed by atoms with Crippen molar-refractivity contribution in [2.45, 2.75) is 36.6 Å². The van der Waals surface area contributed by atoms with Gasteiger partial charge in [-0.1, -0.05) is 84.9 Å². The number of nitrogens with zero attached hydrogens (tertiary/aromatic N) is 2. The minimum absolute atomic E-state index is 0.0956. The first-order valence-electron chi connectivity index (χ1n) is 15.2. The average Bonchev–Trinajstić information content (AvgIpc) is 3.02. The number of carbonyl (C=O) groups excluding carboxylic acids is 2. The Morgan fingerprint density at radius 3 is 2.27 bits per heavy atom. The lowest BCUT2D eigenvalue weighted by molar-refractivity contribution is -0.115. The average molecular weight is 626 g/mol. The maximum atomic E-state index is 12.9. The van der Waals surface area contributed by atoms with Gasteiger partial charge in [0.2, 0.25) is 5.91 Å². The number of amides is 2. The number of para-hydroxylation sites is 1. The molecular weight excluding hydrogens is 582 g/mol. The number of aliphatic hydroxyl groups excluding tert-OH is 1. The molecule has 1 aliphatic heterocycles. The molecule has 7 nitrogen and oxygen atoms in total. The van der Waals surface area contributed by atoms with Gasteiger partial charge in [0.15, 0.2) is 5.75 Å². The monoisotopic (exact) mass is 625 g/mol. The first-order chi connectivity index (χ1) is 21.7. The van der Waals surface area contributed by atoms with E-state index in [0.29, 0.717) is 30.2 Å². The third kappa shape index (κ3) is 10.5. The van der Waals surface area contributed by atoms with E-state index in [-0.39, 0.29) is 37.3 Å². The van der Waals surface area contributed by atoms with Gasteiger partial charge in [-0.3, -0.25) is 9.59 Å². The van der Waals surface area contributed by atoms with Gasteiger partial charge in [0.05, 0.1) is 30.9 Å². The van der Waals surface area contributed by atoms with Gasteiger partial charge in [-0.05, 0) is 68.5 Å². The van der Waals surface area contributed by atoms with E-state index in [9.17, 15) is 14.7 Å². The zero-order valence-corrected chi connectivity index (χ0v) is 27.3. The van der Waals surface area contributed by atoms with Crippen LogP contribution in [0.25, 0.3) is 0 Å². The number of benzene rings is 4. The van der Waals surface area contributed by atoms with Gasteiger partial charge < -0.3 is 25.0 Å². The maximum Gasteiger partial charge on any atom is 0.257 e. The maximum absolute atomic E-state index is 12.9. The van der Waals surface area contributed by atoms with Crippen molar-refractivity contribution in [1.29, 1.82) is 0 Å². The van der Waals surface area contributed by atoms with Crippen LogP contribution in [0.1, 0.15) is 34.0 Å². The topological polar surface area (TPSA) is 82.1 Å². The Kier molecular flexibility index (Phi) is 12.6. The standard InChI is InChI=1S/C22H26N2O4.C15H17NS/c1-15-6-8-17(9-7-15)12-20(26)23-19-5-3-4-18-21(19)28-14-16(2)13-24(10-11-25)22(18)27;1-16(2)12-13-8-10-15(11-9-13)17-14-6-4-3-5-7-14/h3-9,16,25H,10-14H2,1-2H3,(H,23,26);3-11H,12H2,1-2H3/t16-;/m1./s1. The third-order valence-electron chi connectivity index (χ3n) is 7.11. The van der Waals surface area contributed by atoms with E-state index in [4.69, 9.17) is 4.74 Å². The van der Waals surface area contributed by atoms with Gasteiger partial charge in [0.25, 0.3) is 5.91 Å². The van der Waals surface area contributed by atoms with Crippen molar-refractivity contribution in [3.63, 3.8) is 0 Å². The van der Waals surface area contributed by atoms with E-state index in [1.54, 1.807) is 34.9 Å². The molecule has 0 fully saturated rings. The minimum Gasteiger partial charge on any atom is -0.490 e. The van der Waals surface area contributed by atoms with Gasteiger partial charge in [0.1, 0.15) is 0 Å². The van der Waals surface area contributed by atoms with Crippen molar-refractivity contribution < 1.29 is 19.4 Å². The van der Waals surface area contributed by atoms with Crippen LogP contribution in [0.2, 0.25) is 0 Å². The Bertz CT molecular complexity index is 1530. The first kappa shape index (κ1) is 33.8. The molecule has 8 heteroatoms. The number of hydrogen-bond acceptors (Lipinski definition) is 6. The lowest BCUT2D eigenvalue weighted by Crippen LogP contribution is -2.40. The molecule has 1 aliphatic rings.